The molecule has 1 saturated heterocycles. The number of carbonyl (C=O) groups is 1. The Labute approximate surface area is 159 Å². The van der Waals surface area contributed by atoms with Crippen molar-refractivity contribution in [1.82, 2.24) is 15.5 Å². The molecule has 1 aliphatic rings. The third-order valence-corrected chi connectivity index (χ3v) is 5.14. The first-order valence-corrected chi connectivity index (χ1v) is 9.68. The number of carbonyl (C=O) groups excluding carboxylic acids is 1. The molecule has 2 aromatic rings. The number of amides is 1. The van der Waals surface area contributed by atoms with Gasteiger partial charge in [-0.05, 0) is 61.9 Å². The summed E-state index contributed by atoms with van der Waals surface area (Å²) >= 11 is 5.87. The molecule has 2 heterocycles. The molecule has 0 aliphatic carbocycles. The van der Waals surface area contributed by atoms with Crippen molar-refractivity contribution < 1.29 is 4.79 Å². The molecule has 1 aromatic heterocycles. The average Bonchev–Trinajstić information content (AvgIpc) is 2.69. The summed E-state index contributed by atoms with van der Waals surface area (Å²) in [6.07, 6.45) is 5.52. The lowest BCUT2D eigenvalue weighted by atomic mass is 10.0. The second-order valence-electron chi connectivity index (χ2n) is 6.66. The van der Waals surface area contributed by atoms with Gasteiger partial charge >= 0.3 is 0 Å². The van der Waals surface area contributed by atoms with Gasteiger partial charge in [-0.2, -0.15) is 0 Å². The SMILES string of the molecule is CCC1CCCCN1c1ccc(C(=O)NCCc2ccc(Cl)cc2)nn1. The van der Waals surface area contributed by atoms with Crippen LogP contribution in [0.2, 0.25) is 5.02 Å². The first-order valence-electron chi connectivity index (χ1n) is 9.30. The molecule has 1 N–H and O–H groups in total. The van der Waals surface area contributed by atoms with Crippen LogP contribution in [0.1, 0.15) is 48.7 Å². The van der Waals surface area contributed by atoms with Crippen LogP contribution in [0.4, 0.5) is 5.82 Å². The summed E-state index contributed by atoms with van der Waals surface area (Å²) in [5, 5.41) is 12.0. The van der Waals surface area contributed by atoms with Gasteiger partial charge in [-0.15, -0.1) is 10.2 Å². The highest BCUT2D eigenvalue weighted by molar-refractivity contribution is 6.30. The summed E-state index contributed by atoms with van der Waals surface area (Å²) < 4.78 is 0. The minimum atomic E-state index is -0.191. The lowest BCUT2D eigenvalue weighted by Crippen LogP contribution is -2.39. The van der Waals surface area contributed by atoms with E-state index in [4.69, 9.17) is 11.6 Å². The number of piperidine rings is 1. The third kappa shape index (κ3) is 4.73. The minimum absolute atomic E-state index is 0.191. The van der Waals surface area contributed by atoms with Crippen molar-refractivity contribution in [3.05, 3.63) is 52.7 Å². The number of benzene rings is 1. The number of nitrogens with one attached hydrogen (secondary N) is 1. The fraction of sp³-hybridized carbons (Fsp3) is 0.450. The molecule has 138 valence electrons. The Morgan fingerprint density at radius 1 is 1.19 bits per heavy atom. The standard InChI is InChI=1S/C20H25ClN4O/c1-2-17-5-3-4-14-25(17)19-11-10-18(23-24-19)20(26)22-13-12-15-6-8-16(21)9-7-15/h6-11,17H,2-5,12-14H2,1H3,(H,22,26). The van der Waals surface area contributed by atoms with Gasteiger partial charge in [0.1, 0.15) is 0 Å². The molecule has 0 saturated carbocycles. The zero-order chi connectivity index (χ0) is 18.4. The maximum Gasteiger partial charge on any atom is 0.271 e. The molecule has 3 rings (SSSR count). The summed E-state index contributed by atoms with van der Waals surface area (Å²) in [4.78, 5) is 14.6. The second kappa shape index (κ2) is 8.99. The van der Waals surface area contributed by atoms with Gasteiger partial charge in [0, 0.05) is 24.2 Å². The molecule has 1 fully saturated rings. The predicted molar refractivity (Wildman–Crippen MR) is 105 cm³/mol. The van der Waals surface area contributed by atoms with Crippen LogP contribution in [0.3, 0.4) is 0 Å². The minimum Gasteiger partial charge on any atom is -0.352 e. The van der Waals surface area contributed by atoms with Crippen LogP contribution in [-0.4, -0.2) is 35.2 Å². The molecular formula is C20H25ClN4O. The predicted octanol–water partition coefficient (Wildman–Crippen LogP) is 3.87. The lowest BCUT2D eigenvalue weighted by molar-refractivity contribution is 0.0948. The molecule has 0 spiro atoms. The van der Waals surface area contributed by atoms with Crippen molar-refractivity contribution in [2.75, 3.05) is 18.0 Å². The number of nitrogens with zero attached hydrogens (tertiary/aromatic N) is 3. The number of anilines is 1. The first kappa shape index (κ1) is 18.6. The van der Waals surface area contributed by atoms with Crippen LogP contribution in [-0.2, 0) is 6.42 Å². The summed E-state index contributed by atoms with van der Waals surface area (Å²) in [7, 11) is 0. The van der Waals surface area contributed by atoms with Crippen molar-refractivity contribution in [3.8, 4) is 0 Å². The molecule has 1 amide bonds. The van der Waals surface area contributed by atoms with E-state index >= 15 is 0 Å². The molecule has 0 bridgehead atoms. The number of halogens is 1. The van der Waals surface area contributed by atoms with Crippen molar-refractivity contribution in [1.29, 1.82) is 0 Å². The zero-order valence-corrected chi connectivity index (χ0v) is 15.9. The highest BCUT2D eigenvalue weighted by Gasteiger charge is 2.22. The van der Waals surface area contributed by atoms with Crippen LogP contribution < -0.4 is 10.2 Å². The van der Waals surface area contributed by atoms with Gasteiger partial charge in [0.25, 0.3) is 5.91 Å². The van der Waals surface area contributed by atoms with Gasteiger partial charge in [0.2, 0.25) is 0 Å². The Hall–Kier alpha value is -2.14. The van der Waals surface area contributed by atoms with E-state index < -0.39 is 0 Å². The lowest BCUT2D eigenvalue weighted by Gasteiger charge is -2.35. The van der Waals surface area contributed by atoms with Gasteiger partial charge in [0.15, 0.2) is 11.5 Å². The molecule has 1 aliphatic heterocycles. The Kier molecular flexibility index (Phi) is 6.45. The molecule has 26 heavy (non-hydrogen) atoms. The zero-order valence-electron chi connectivity index (χ0n) is 15.1. The van der Waals surface area contributed by atoms with Gasteiger partial charge in [-0.25, -0.2) is 0 Å². The molecule has 1 atom stereocenters. The monoisotopic (exact) mass is 372 g/mol. The molecule has 0 radical (unpaired) electrons. The fourth-order valence-electron chi connectivity index (χ4n) is 3.39. The maximum absolute atomic E-state index is 12.2. The van der Waals surface area contributed by atoms with E-state index in [2.05, 4.69) is 27.3 Å². The van der Waals surface area contributed by atoms with Gasteiger partial charge in [0.05, 0.1) is 0 Å². The first-order chi connectivity index (χ1) is 12.7. The van der Waals surface area contributed by atoms with Crippen LogP contribution >= 0.6 is 11.6 Å². The summed E-state index contributed by atoms with van der Waals surface area (Å²) in [6, 6.07) is 11.8. The van der Waals surface area contributed by atoms with Crippen LogP contribution in [0, 0.1) is 0 Å². The number of rotatable bonds is 6. The topological polar surface area (TPSA) is 58.1 Å². The van der Waals surface area contributed by atoms with Crippen LogP contribution in [0.15, 0.2) is 36.4 Å². The van der Waals surface area contributed by atoms with Crippen molar-refractivity contribution in [3.63, 3.8) is 0 Å². The fourth-order valence-corrected chi connectivity index (χ4v) is 3.51. The van der Waals surface area contributed by atoms with Crippen LogP contribution in [0.25, 0.3) is 0 Å². The van der Waals surface area contributed by atoms with E-state index in [1.807, 2.05) is 30.3 Å². The molecule has 5 nitrogen and oxygen atoms in total. The maximum atomic E-state index is 12.2. The van der Waals surface area contributed by atoms with Crippen molar-refractivity contribution >= 4 is 23.3 Å². The Morgan fingerprint density at radius 2 is 2.00 bits per heavy atom. The highest BCUT2D eigenvalue weighted by Crippen LogP contribution is 2.24. The summed E-state index contributed by atoms with van der Waals surface area (Å²) in [5.41, 5.74) is 1.49. The summed E-state index contributed by atoms with van der Waals surface area (Å²) in [5.74, 6) is 0.679. The highest BCUT2D eigenvalue weighted by atomic mass is 35.5. The molecule has 1 aromatic carbocycles. The van der Waals surface area contributed by atoms with Crippen LogP contribution in [0.5, 0.6) is 0 Å². The smallest absolute Gasteiger partial charge is 0.271 e. The third-order valence-electron chi connectivity index (χ3n) is 4.89. The second-order valence-corrected chi connectivity index (χ2v) is 7.10. The van der Waals surface area contributed by atoms with E-state index in [0.717, 1.165) is 30.8 Å². The Bertz CT molecular complexity index is 718. The summed E-state index contributed by atoms with van der Waals surface area (Å²) in [6.45, 7) is 3.77. The van der Waals surface area contributed by atoms with Gasteiger partial charge in [-0.1, -0.05) is 30.7 Å². The van der Waals surface area contributed by atoms with E-state index in [1.165, 1.54) is 19.3 Å². The van der Waals surface area contributed by atoms with Gasteiger partial charge < -0.3 is 10.2 Å². The normalized spacial score (nSPS) is 17.2. The van der Waals surface area contributed by atoms with E-state index in [-0.39, 0.29) is 5.91 Å². The largest absolute Gasteiger partial charge is 0.352 e. The Balaban J connectivity index is 1.54. The van der Waals surface area contributed by atoms with E-state index in [9.17, 15) is 4.79 Å². The van der Waals surface area contributed by atoms with Crippen molar-refractivity contribution in [2.24, 2.45) is 0 Å². The molecule has 1 unspecified atom stereocenters. The van der Waals surface area contributed by atoms with E-state index in [1.54, 1.807) is 6.07 Å². The number of aromatic nitrogens is 2. The number of hydrogen-bond acceptors (Lipinski definition) is 4. The average molecular weight is 373 g/mol. The van der Waals surface area contributed by atoms with E-state index in [0.29, 0.717) is 23.3 Å². The molecular weight excluding hydrogens is 348 g/mol. The Morgan fingerprint density at radius 3 is 2.69 bits per heavy atom. The number of hydrogen-bond donors (Lipinski definition) is 1. The molecule has 6 heteroatoms. The van der Waals surface area contributed by atoms with Gasteiger partial charge in [-0.3, -0.25) is 4.79 Å². The van der Waals surface area contributed by atoms with Crippen molar-refractivity contribution in [2.45, 2.75) is 45.1 Å². The quantitative estimate of drug-likeness (QED) is 0.836.